The quantitative estimate of drug-likeness (QED) is 0.516. The summed E-state index contributed by atoms with van der Waals surface area (Å²) in [7, 11) is 0. The van der Waals surface area contributed by atoms with Gasteiger partial charge in [-0.05, 0) is 18.2 Å². The average Bonchev–Trinajstić information content (AvgIpc) is 2.90. The Hall–Kier alpha value is -3.60. The molecule has 108 valence electrons. The van der Waals surface area contributed by atoms with E-state index in [1.165, 1.54) is 0 Å². The number of para-hydroxylation sites is 2. The van der Waals surface area contributed by atoms with E-state index in [1.54, 1.807) is 18.2 Å². The lowest BCUT2D eigenvalue weighted by Crippen LogP contribution is -2.23. The summed E-state index contributed by atoms with van der Waals surface area (Å²) < 4.78 is 0. The Kier molecular flexibility index (Phi) is 3.08. The van der Waals surface area contributed by atoms with Gasteiger partial charge in [0, 0.05) is 0 Å². The lowest BCUT2D eigenvalue weighted by atomic mass is 10.2. The number of imidazole rings is 1. The second-order valence-electron chi connectivity index (χ2n) is 4.44. The molecule has 0 bridgehead atoms. The molecule has 0 aliphatic carbocycles. The Bertz CT molecular complexity index is 1020. The molecule has 0 atom stereocenters. The maximum absolute atomic E-state index is 11.7. The fraction of sp³-hybridized carbons (Fsp3) is 0. The van der Waals surface area contributed by atoms with Crippen LogP contribution < -0.4 is 11.2 Å². The predicted octanol–water partition coefficient (Wildman–Crippen LogP) is 0.709. The van der Waals surface area contributed by atoms with Gasteiger partial charge in [0.25, 0.3) is 5.56 Å². The van der Waals surface area contributed by atoms with Gasteiger partial charge in [0.05, 0.1) is 16.6 Å². The van der Waals surface area contributed by atoms with Crippen LogP contribution >= 0.6 is 0 Å². The zero-order valence-electron chi connectivity index (χ0n) is 11.0. The van der Waals surface area contributed by atoms with Gasteiger partial charge in [-0.2, -0.15) is 5.26 Å². The highest BCUT2D eigenvalue weighted by atomic mass is 16.3. The van der Waals surface area contributed by atoms with E-state index in [4.69, 9.17) is 0 Å². The first-order valence-electron chi connectivity index (χ1n) is 6.21. The van der Waals surface area contributed by atoms with Crippen LogP contribution in [0.5, 0.6) is 5.88 Å². The van der Waals surface area contributed by atoms with Crippen LogP contribution in [0.2, 0.25) is 0 Å². The average molecular weight is 295 g/mol. The highest BCUT2D eigenvalue weighted by Gasteiger charge is 2.12. The molecule has 0 aliphatic heterocycles. The molecule has 0 spiro atoms. The molecule has 0 radical (unpaired) electrons. The molecule has 8 heteroatoms. The molecule has 8 nitrogen and oxygen atoms in total. The Morgan fingerprint density at radius 2 is 2.00 bits per heavy atom. The number of aromatic nitrogens is 4. The Morgan fingerprint density at radius 1 is 1.23 bits per heavy atom. The molecule has 4 N–H and O–H groups in total. The standard InChI is InChI=1S/C14H9N5O3/c15-6-7(5-8-12(20)18-14(22)19-13(8)21)11-16-9-3-1-2-4-10(9)17-11/h1-5H,(H,16,17)(H3,18,19,20,21,22)/b7-5+. The van der Waals surface area contributed by atoms with Gasteiger partial charge in [-0.1, -0.05) is 12.1 Å². The second kappa shape index (κ2) is 5.06. The highest BCUT2D eigenvalue weighted by Crippen LogP contribution is 2.19. The molecule has 3 aromatic rings. The van der Waals surface area contributed by atoms with Crippen LogP contribution in [0.1, 0.15) is 11.4 Å². The molecule has 2 aromatic heterocycles. The van der Waals surface area contributed by atoms with E-state index in [-0.39, 0.29) is 17.0 Å². The Morgan fingerprint density at radius 3 is 2.68 bits per heavy atom. The van der Waals surface area contributed by atoms with Crippen LogP contribution in [0.3, 0.4) is 0 Å². The van der Waals surface area contributed by atoms with Gasteiger partial charge < -0.3 is 10.1 Å². The van der Waals surface area contributed by atoms with Gasteiger partial charge in [-0.25, -0.2) is 9.78 Å². The van der Waals surface area contributed by atoms with Crippen molar-refractivity contribution < 1.29 is 5.11 Å². The Labute approximate surface area is 122 Å². The van der Waals surface area contributed by atoms with Crippen molar-refractivity contribution in [1.29, 1.82) is 5.26 Å². The van der Waals surface area contributed by atoms with Crippen molar-refractivity contribution in [2.45, 2.75) is 0 Å². The number of nitriles is 1. The van der Waals surface area contributed by atoms with Gasteiger partial charge in [-0.3, -0.25) is 14.8 Å². The minimum absolute atomic E-state index is 0.0454. The summed E-state index contributed by atoms with van der Waals surface area (Å²) in [5.41, 5.74) is -0.413. The number of nitrogens with one attached hydrogen (secondary N) is 3. The van der Waals surface area contributed by atoms with E-state index in [0.29, 0.717) is 5.52 Å². The molecule has 3 rings (SSSR count). The van der Waals surface area contributed by atoms with Crippen molar-refractivity contribution in [3.63, 3.8) is 0 Å². The normalized spacial score (nSPS) is 11.5. The molecule has 0 saturated heterocycles. The van der Waals surface area contributed by atoms with Crippen molar-refractivity contribution in [2.24, 2.45) is 0 Å². The van der Waals surface area contributed by atoms with Gasteiger partial charge >= 0.3 is 5.69 Å². The molecule has 2 heterocycles. The van der Waals surface area contributed by atoms with E-state index in [2.05, 4.69) is 9.97 Å². The molecular weight excluding hydrogens is 286 g/mol. The van der Waals surface area contributed by atoms with E-state index < -0.39 is 17.1 Å². The zero-order valence-corrected chi connectivity index (χ0v) is 11.0. The van der Waals surface area contributed by atoms with Crippen molar-refractivity contribution in [3.05, 3.63) is 56.5 Å². The SMILES string of the molecule is N#C/C(=C\c1c(O)[nH]c(=O)[nH]c1=O)c1nc2ccccc2[nH]1. The summed E-state index contributed by atoms with van der Waals surface area (Å²) in [6, 6.07) is 9.10. The lowest BCUT2D eigenvalue weighted by Gasteiger charge is -1.97. The first-order valence-corrected chi connectivity index (χ1v) is 6.21. The van der Waals surface area contributed by atoms with E-state index in [0.717, 1.165) is 11.6 Å². The fourth-order valence-electron chi connectivity index (χ4n) is 2.00. The molecule has 0 fully saturated rings. The molecular formula is C14H9N5O3. The number of rotatable bonds is 2. The smallest absolute Gasteiger partial charge is 0.328 e. The van der Waals surface area contributed by atoms with Gasteiger partial charge in [0.1, 0.15) is 17.5 Å². The summed E-state index contributed by atoms with van der Waals surface area (Å²) in [5.74, 6) is -0.355. The summed E-state index contributed by atoms with van der Waals surface area (Å²) in [6.45, 7) is 0. The summed E-state index contributed by atoms with van der Waals surface area (Å²) >= 11 is 0. The first kappa shape index (κ1) is 13.4. The molecule has 0 amide bonds. The maximum atomic E-state index is 11.7. The fourth-order valence-corrected chi connectivity index (χ4v) is 2.00. The number of fused-ring (bicyclic) bond motifs is 1. The number of hydrogen-bond donors (Lipinski definition) is 4. The minimum Gasteiger partial charge on any atom is -0.494 e. The number of hydrogen-bond acceptors (Lipinski definition) is 5. The van der Waals surface area contributed by atoms with Gasteiger partial charge in [0.15, 0.2) is 0 Å². The third-order valence-corrected chi connectivity index (χ3v) is 3.01. The number of benzene rings is 1. The molecule has 1 aromatic carbocycles. The number of allylic oxidation sites excluding steroid dienone is 1. The monoisotopic (exact) mass is 295 g/mol. The first-order chi connectivity index (χ1) is 10.6. The van der Waals surface area contributed by atoms with Crippen LogP contribution in [-0.2, 0) is 0 Å². The number of nitrogens with zero attached hydrogens (tertiary/aromatic N) is 2. The van der Waals surface area contributed by atoms with Crippen molar-refractivity contribution in [1.82, 2.24) is 19.9 Å². The summed E-state index contributed by atoms with van der Waals surface area (Å²) in [6.07, 6.45) is 1.15. The topological polar surface area (TPSA) is 138 Å². The highest BCUT2D eigenvalue weighted by molar-refractivity contribution is 5.90. The lowest BCUT2D eigenvalue weighted by molar-refractivity contribution is 0.447. The summed E-state index contributed by atoms with van der Waals surface area (Å²) in [5, 5.41) is 18.9. The summed E-state index contributed by atoms with van der Waals surface area (Å²) in [4.78, 5) is 33.9. The van der Waals surface area contributed by atoms with Crippen molar-refractivity contribution >= 4 is 22.7 Å². The molecule has 0 unspecified atom stereocenters. The Balaban J connectivity index is 2.18. The minimum atomic E-state index is -0.832. The number of aromatic hydroxyl groups is 1. The predicted molar refractivity (Wildman–Crippen MR) is 78.9 cm³/mol. The van der Waals surface area contributed by atoms with E-state index in [1.807, 2.05) is 22.1 Å². The third-order valence-electron chi connectivity index (χ3n) is 3.01. The van der Waals surface area contributed by atoms with Crippen LogP contribution in [0, 0.1) is 11.3 Å². The van der Waals surface area contributed by atoms with Crippen molar-refractivity contribution in [3.8, 4) is 11.9 Å². The van der Waals surface area contributed by atoms with Crippen molar-refractivity contribution in [2.75, 3.05) is 0 Å². The zero-order chi connectivity index (χ0) is 15.7. The molecule has 22 heavy (non-hydrogen) atoms. The molecule has 0 aliphatic rings. The maximum Gasteiger partial charge on any atom is 0.328 e. The van der Waals surface area contributed by atoms with Crippen LogP contribution in [0.15, 0.2) is 33.9 Å². The molecule has 0 saturated carbocycles. The number of aromatic amines is 3. The number of H-pyrrole nitrogens is 3. The second-order valence-corrected chi connectivity index (χ2v) is 4.44. The largest absolute Gasteiger partial charge is 0.494 e. The van der Waals surface area contributed by atoms with Crippen LogP contribution in [0.4, 0.5) is 0 Å². The van der Waals surface area contributed by atoms with Crippen LogP contribution in [-0.4, -0.2) is 25.0 Å². The third kappa shape index (κ3) is 2.27. The van der Waals surface area contributed by atoms with Gasteiger partial charge in [0.2, 0.25) is 5.88 Å². The van der Waals surface area contributed by atoms with E-state index in [9.17, 15) is 20.0 Å². The van der Waals surface area contributed by atoms with Gasteiger partial charge in [-0.15, -0.1) is 0 Å². The van der Waals surface area contributed by atoms with E-state index >= 15 is 0 Å². The van der Waals surface area contributed by atoms with Crippen LogP contribution in [0.25, 0.3) is 22.7 Å².